The molecule has 0 aromatic heterocycles. The molecule has 2 aromatic rings. The number of phenols is 1. The molecule has 2 aromatic carbocycles. The number of nitrogens with one attached hydrogen (secondary N) is 1. The van der Waals surface area contributed by atoms with Crippen molar-refractivity contribution in [2.24, 2.45) is 5.10 Å². The lowest BCUT2D eigenvalue weighted by Gasteiger charge is -2.15. The minimum absolute atomic E-state index is 0.00353. The summed E-state index contributed by atoms with van der Waals surface area (Å²) in [6.07, 6.45) is 0.681. The molecule has 2 N–H and O–H groups in total. The van der Waals surface area contributed by atoms with E-state index in [0.29, 0.717) is 12.3 Å². The van der Waals surface area contributed by atoms with Gasteiger partial charge in [0.2, 0.25) is 11.5 Å². The van der Waals surface area contributed by atoms with E-state index < -0.39 is 42.6 Å². The molecule has 14 nitrogen and oxygen atoms in total. The van der Waals surface area contributed by atoms with Crippen molar-refractivity contribution in [3.8, 4) is 23.0 Å². The number of methoxy groups -OCH3 is 3. The Kier molecular flexibility index (Phi) is 6.81. The lowest BCUT2D eigenvalue weighted by Crippen LogP contribution is -2.19. The maximum absolute atomic E-state index is 12.6. The van der Waals surface area contributed by atoms with Crippen molar-refractivity contribution < 1.29 is 37.6 Å². The van der Waals surface area contributed by atoms with Crippen molar-refractivity contribution in [1.82, 2.24) is 4.83 Å². The standard InChI is InChI=1S/C16H16N4O10S/c1-28-12-4-5-13(16(30-3)15(12)29-2)31(26,27)18-17-8-9-6-10(19(22)23)7-11(14(9)21)20(24)25/h4-8,18,21H,1-3H3/b17-8+. The van der Waals surface area contributed by atoms with Crippen LogP contribution in [-0.4, -0.2) is 50.9 Å². The van der Waals surface area contributed by atoms with Crippen LogP contribution in [0.3, 0.4) is 0 Å². The summed E-state index contributed by atoms with van der Waals surface area (Å²) in [7, 11) is -0.522. The summed E-state index contributed by atoms with van der Waals surface area (Å²) in [5.41, 5.74) is -2.10. The van der Waals surface area contributed by atoms with E-state index in [1.54, 1.807) is 0 Å². The number of rotatable bonds is 9. The Labute approximate surface area is 175 Å². The van der Waals surface area contributed by atoms with Gasteiger partial charge in [-0.2, -0.15) is 18.4 Å². The number of phenolic OH excluding ortho intramolecular Hbond substituents is 1. The first kappa shape index (κ1) is 23.1. The smallest absolute Gasteiger partial charge is 0.318 e. The van der Waals surface area contributed by atoms with Crippen LogP contribution >= 0.6 is 0 Å². The van der Waals surface area contributed by atoms with Crippen LogP contribution in [0.5, 0.6) is 23.0 Å². The topological polar surface area (TPSA) is 193 Å². The number of sulfonamides is 1. The number of ether oxygens (including phenoxy) is 3. The molecule has 0 radical (unpaired) electrons. The maximum atomic E-state index is 12.6. The molecule has 0 amide bonds. The number of hydrazone groups is 1. The number of nitrogens with zero attached hydrogens (tertiary/aromatic N) is 3. The summed E-state index contributed by atoms with van der Waals surface area (Å²) in [6, 6.07) is 3.82. The SMILES string of the molecule is COc1ccc(S(=O)(=O)N/N=C/c2cc([N+](=O)[O-])cc([N+](=O)[O-])c2O)c(OC)c1OC. The van der Waals surface area contributed by atoms with E-state index in [2.05, 4.69) is 5.10 Å². The lowest BCUT2D eigenvalue weighted by molar-refractivity contribution is -0.394. The van der Waals surface area contributed by atoms with Crippen molar-refractivity contribution in [2.75, 3.05) is 21.3 Å². The van der Waals surface area contributed by atoms with Gasteiger partial charge in [-0.1, -0.05) is 0 Å². The summed E-state index contributed by atoms with van der Waals surface area (Å²) < 4.78 is 40.5. The molecule has 0 heterocycles. The van der Waals surface area contributed by atoms with Gasteiger partial charge < -0.3 is 19.3 Å². The Bertz CT molecular complexity index is 1160. The quantitative estimate of drug-likeness (QED) is 0.317. The van der Waals surface area contributed by atoms with Crippen LogP contribution in [0.25, 0.3) is 0 Å². The van der Waals surface area contributed by atoms with Gasteiger partial charge in [-0.25, -0.2) is 0 Å². The molecule has 0 aliphatic heterocycles. The Morgan fingerprint density at radius 1 is 1.03 bits per heavy atom. The van der Waals surface area contributed by atoms with E-state index >= 15 is 0 Å². The lowest BCUT2D eigenvalue weighted by atomic mass is 10.1. The van der Waals surface area contributed by atoms with Gasteiger partial charge in [0.1, 0.15) is 4.90 Å². The highest BCUT2D eigenvalue weighted by Crippen LogP contribution is 2.41. The molecule has 0 fully saturated rings. The number of non-ortho nitro benzene ring substituents is 1. The number of hydrogen-bond donors (Lipinski definition) is 2. The highest BCUT2D eigenvalue weighted by molar-refractivity contribution is 7.89. The summed E-state index contributed by atoms with van der Waals surface area (Å²) in [5.74, 6) is -0.903. The highest BCUT2D eigenvalue weighted by atomic mass is 32.2. The molecule has 0 bridgehead atoms. The molecule has 0 saturated heterocycles. The van der Waals surface area contributed by atoms with Crippen LogP contribution in [0.1, 0.15) is 5.56 Å². The molecule has 0 saturated carbocycles. The van der Waals surface area contributed by atoms with Gasteiger partial charge in [0.15, 0.2) is 11.5 Å². The molecule has 166 valence electrons. The zero-order chi connectivity index (χ0) is 23.3. The Morgan fingerprint density at radius 3 is 2.19 bits per heavy atom. The van der Waals surface area contributed by atoms with E-state index in [4.69, 9.17) is 14.2 Å². The first-order chi connectivity index (χ1) is 14.6. The summed E-state index contributed by atoms with van der Waals surface area (Å²) >= 11 is 0. The molecule has 0 aliphatic rings. The van der Waals surface area contributed by atoms with Crippen LogP contribution in [0.4, 0.5) is 11.4 Å². The van der Waals surface area contributed by atoms with Crippen molar-refractivity contribution in [3.05, 3.63) is 50.1 Å². The molecule has 0 unspecified atom stereocenters. The second-order valence-corrected chi connectivity index (χ2v) is 7.23. The summed E-state index contributed by atoms with van der Waals surface area (Å²) in [4.78, 5) is 21.4. The van der Waals surface area contributed by atoms with Gasteiger partial charge >= 0.3 is 5.69 Å². The van der Waals surface area contributed by atoms with E-state index in [0.717, 1.165) is 12.1 Å². The molecule has 0 aliphatic carbocycles. The highest BCUT2D eigenvalue weighted by Gasteiger charge is 2.26. The van der Waals surface area contributed by atoms with Crippen LogP contribution in [0.15, 0.2) is 34.3 Å². The molecular weight excluding hydrogens is 440 g/mol. The van der Waals surface area contributed by atoms with Crippen LogP contribution in [-0.2, 0) is 10.0 Å². The zero-order valence-electron chi connectivity index (χ0n) is 16.3. The van der Waals surface area contributed by atoms with Gasteiger partial charge in [0.25, 0.3) is 15.7 Å². The second-order valence-electron chi connectivity index (χ2n) is 5.60. The predicted molar refractivity (Wildman–Crippen MR) is 105 cm³/mol. The Morgan fingerprint density at radius 2 is 1.68 bits per heavy atom. The van der Waals surface area contributed by atoms with E-state index in [1.165, 1.54) is 27.4 Å². The Balaban J connectivity index is 2.45. The minimum Gasteiger partial charge on any atom is -0.502 e. The maximum Gasteiger partial charge on any atom is 0.318 e. The van der Waals surface area contributed by atoms with Crippen molar-refractivity contribution in [3.63, 3.8) is 0 Å². The second kappa shape index (κ2) is 9.12. The van der Waals surface area contributed by atoms with Gasteiger partial charge in [-0.3, -0.25) is 20.2 Å². The summed E-state index contributed by atoms with van der Waals surface area (Å²) in [5, 5.41) is 35.3. The Hall–Kier alpha value is -4.14. The van der Waals surface area contributed by atoms with E-state index in [-0.39, 0.29) is 22.1 Å². The first-order valence-corrected chi connectivity index (χ1v) is 9.55. The van der Waals surface area contributed by atoms with Crippen molar-refractivity contribution in [1.29, 1.82) is 0 Å². The number of nitro benzene ring substituents is 2. The third kappa shape index (κ3) is 4.72. The number of hydrogen-bond acceptors (Lipinski definition) is 11. The van der Waals surface area contributed by atoms with E-state index in [1.807, 2.05) is 4.83 Å². The molecule has 0 spiro atoms. The minimum atomic E-state index is -4.35. The largest absolute Gasteiger partial charge is 0.502 e. The number of benzene rings is 2. The monoisotopic (exact) mass is 456 g/mol. The van der Waals surface area contributed by atoms with Crippen LogP contribution in [0.2, 0.25) is 0 Å². The van der Waals surface area contributed by atoms with Crippen LogP contribution in [0, 0.1) is 20.2 Å². The zero-order valence-corrected chi connectivity index (χ0v) is 17.1. The fourth-order valence-electron chi connectivity index (χ4n) is 2.47. The number of nitro groups is 2. The molecule has 15 heteroatoms. The third-order valence-corrected chi connectivity index (χ3v) is 5.09. The molecule has 31 heavy (non-hydrogen) atoms. The van der Waals surface area contributed by atoms with Gasteiger partial charge in [0.05, 0.1) is 49.0 Å². The summed E-state index contributed by atoms with van der Waals surface area (Å²) in [6.45, 7) is 0. The van der Waals surface area contributed by atoms with E-state index in [9.17, 15) is 33.8 Å². The van der Waals surface area contributed by atoms with Gasteiger partial charge in [-0.15, -0.1) is 0 Å². The van der Waals surface area contributed by atoms with Crippen LogP contribution < -0.4 is 19.0 Å². The predicted octanol–water partition coefficient (Wildman–Crippen LogP) is 1.55. The van der Waals surface area contributed by atoms with Crippen molar-refractivity contribution >= 4 is 27.6 Å². The average molecular weight is 456 g/mol. The molecule has 0 atom stereocenters. The fourth-order valence-corrected chi connectivity index (χ4v) is 3.43. The van der Waals surface area contributed by atoms with Gasteiger partial charge in [-0.05, 0) is 12.1 Å². The normalized spacial score (nSPS) is 11.2. The first-order valence-electron chi connectivity index (χ1n) is 8.07. The average Bonchev–Trinajstić information content (AvgIpc) is 2.72. The third-order valence-electron chi connectivity index (χ3n) is 3.85. The van der Waals surface area contributed by atoms with Crippen molar-refractivity contribution in [2.45, 2.75) is 4.90 Å². The number of aromatic hydroxyl groups is 1. The fraction of sp³-hybridized carbons (Fsp3) is 0.188. The molecule has 2 rings (SSSR count). The van der Waals surface area contributed by atoms with Gasteiger partial charge in [0, 0.05) is 6.07 Å². The molecular formula is C16H16N4O10S.